The van der Waals surface area contributed by atoms with E-state index in [1.165, 1.54) is 18.2 Å². The van der Waals surface area contributed by atoms with Crippen LogP contribution < -0.4 is 16.4 Å². The van der Waals surface area contributed by atoms with Gasteiger partial charge in [-0.3, -0.25) is 9.59 Å². The first-order chi connectivity index (χ1) is 8.13. The van der Waals surface area contributed by atoms with Crippen LogP contribution in [-0.2, 0) is 16.1 Å². The summed E-state index contributed by atoms with van der Waals surface area (Å²) in [5.41, 5.74) is 5.76. The highest BCUT2D eigenvalue weighted by Crippen LogP contribution is 2.02. The standard InChI is InChI=1S/C11H14FN3O2/c12-9-3-1-2-8(6-9)7-15-11(17)10(16)14-5-4-13/h1-3,6H,4-5,7,13H2,(H,14,16)(H,15,17). The minimum absolute atomic E-state index is 0.104. The lowest BCUT2D eigenvalue weighted by Crippen LogP contribution is -2.41. The Labute approximate surface area is 98.2 Å². The van der Waals surface area contributed by atoms with E-state index >= 15 is 0 Å². The molecule has 0 bridgehead atoms. The second kappa shape index (κ2) is 6.59. The molecule has 0 heterocycles. The molecule has 0 aliphatic carbocycles. The topological polar surface area (TPSA) is 84.2 Å². The molecular formula is C11H14FN3O2. The van der Waals surface area contributed by atoms with E-state index in [0.29, 0.717) is 5.56 Å². The van der Waals surface area contributed by atoms with Crippen molar-refractivity contribution >= 4 is 11.8 Å². The Kier molecular flexibility index (Phi) is 5.09. The van der Waals surface area contributed by atoms with Gasteiger partial charge in [-0.2, -0.15) is 0 Å². The summed E-state index contributed by atoms with van der Waals surface area (Å²) in [5.74, 6) is -1.89. The monoisotopic (exact) mass is 239 g/mol. The fraction of sp³-hybridized carbons (Fsp3) is 0.273. The third-order valence-corrected chi connectivity index (χ3v) is 1.98. The van der Waals surface area contributed by atoms with Crippen LogP contribution in [0.25, 0.3) is 0 Å². The second-order valence-corrected chi connectivity index (χ2v) is 3.36. The largest absolute Gasteiger partial charge is 0.347 e. The minimum Gasteiger partial charge on any atom is -0.347 e. The molecule has 0 aromatic heterocycles. The Morgan fingerprint density at radius 2 is 1.94 bits per heavy atom. The molecule has 6 heteroatoms. The highest BCUT2D eigenvalue weighted by molar-refractivity contribution is 6.35. The summed E-state index contributed by atoms with van der Waals surface area (Å²) < 4.78 is 12.8. The van der Waals surface area contributed by atoms with E-state index in [-0.39, 0.29) is 25.5 Å². The Balaban J connectivity index is 2.40. The van der Waals surface area contributed by atoms with Gasteiger partial charge in [-0.15, -0.1) is 0 Å². The van der Waals surface area contributed by atoms with Gasteiger partial charge in [0.25, 0.3) is 0 Å². The number of halogens is 1. The van der Waals surface area contributed by atoms with Crippen molar-refractivity contribution in [3.8, 4) is 0 Å². The van der Waals surface area contributed by atoms with Crippen LogP contribution in [0.1, 0.15) is 5.56 Å². The lowest BCUT2D eigenvalue weighted by molar-refractivity contribution is -0.139. The summed E-state index contributed by atoms with van der Waals surface area (Å²) >= 11 is 0. The number of hydrogen-bond donors (Lipinski definition) is 3. The predicted molar refractivity (Wildman–Crippen MR) is 60.3 cm³/mol. The number of amides is 2. The van der Waals surface area contributed by atoms with Crippen LogP contribution in [0.5, 0.6) is 0 Å². The highest BCUT2D eigenvalue weighted by Gasteiger charge is 2.11. The highest BCUT2D eigenvalue weighted by atomic mass is 19.1. The zero-order valence-electron chi connectivity index (χ0n) is 9.20. The van der Waals surface area contributed by atoms with Gasteiger partial charge in [-0.1, -0.05) is 12.1 Å². The maximum atomic E-state index is 12.8. The van der Waals surface area contributed by atoms with Crippen molar-refractivity contribution in [2.45, 2.75) is 6.54 Å². The van der Waals surface area contributed by atoms with Gasteiger partial charge in [-0.25, -0.2) is 4.39 Å². The minimum atomic E-state index is -0.761. The van der Waals surface area contributed by atoms with Gasteiger partial charge in [0.15, 0.2) is 0 Å². The molecule has 0 saturated heterocycles. The third-order valence-electron chi connectivity index (χ3n) is 1.98. The average Bonchev–Trinajstić information content (AvgIpc) is 2.33. The normalized spacial score (nSPS) is 9.76. The summed E-state index contributed by atoms with van der Waals surface area (Å²) in [6.07, 6.45) is 0. The Bertz CT molecular complexity index is 409. The fourth-order valence-electron chi connectivity index (χ4n) is 1.18. The molecule has 92 valence electrons. The predicted octanol–water partition coefficient (Wildman–Crippen LogP) is -0.483. The van der Waals surface area contributed by atoms with Crippen molar-refractivity contribution in [3.63, 3.8) is 0 Å². The molecule has 0 unspecified atom stereocenters. The van der Waals surface area contributed by atoms with E-state index in [1.807, 2.05) is 0 Å². The molecule has 17 heavy (non-hydrogen) atoms. The Morgan fingerprint density at radius 1 is 1.24 bits per heavy atom. The number of carbonyl (C=O) groups is 2. The van der Waals surface area contributed by atoms with Crippen molar-refractivity contribution in [2.75, 3.05) is 13.1 Å². The van der Waals surface area contributed by atoms with Crippen molar-refractivity contribution in [1.82, 2.24) is 10.6 Å². The van der Waals surface area contributed by atoms with E-state index in [0.717, 1.165) is 0 Å². The average molecular weight is 239 g/mol. The molecule has 5 nitrogen and oxygen atoms in total. The lowest BCUT2D eigenvalue weighted by Gasteiger charge is -2.05. The zero-order valence-corrected chi connectivity index (χ0v) is 9.20. The van der Waals surface area contributed by atoms with Gasteiger partial charge in [0.2, 0.25) is 0 Å². The van der Waals surface area contributed by atoms with Gasteiger partial charge in [-0.05, 0) is 17.7 Å². The molecular weight excluding hydrogens is 225 g/mol. The summed E-state index contributed by atoms with van der Waals surface area (Å²) in [4.78, 5) is 22.4. The molecule has 0 aliphatic heterocycles. The molecule has 0 saturated carbocycles. The molecule has 4 N–H and O–H groups in total. The molecule has 1 aromatic carbocycles. The number of nitrogens with one attached hydrogen (secondary N) is 2. The number of rotatable bonds is 4. The smallest absolute Gasteiger partial charge is 0.309 e. The van der Waals surface area contributed by atoms with Gasteiger partial charge in [0.05, 0.1) is 0 Å². The maximum absolute atomic E-state index is 12.8. The lowest BCUT2D eigenvalue weighted by atomic mass is 10.2. The molecule has 0 aliphatic rings. The molecule has 0 spiro atoms. The van der Waals surface area contributed by atoms with Crippen LogP contribution in [0.3, 0.4) is 0 Å². The summed E-state index contributed by atoms with van der Waals surface area (Å²) in [6.45, 7) is 0.613. The second-order valence-electron chi connectivity index (χ2n) is 3.36. The van der Waals surface area contributed by atoms with Crippen LogP contribution in [0, 0.1) is 5.82 Å². The zero-order chi connectivity index (χ0) is 12.7. The van der Waals surface area contributed by atoms with Crippen molar-refractivity contribution < 1.29 is 14.0 Å². The van der Waals surface area contributed by atoms with Crippen molar-refractivity contribution in [1.29, 1.82) is 0 Å². The van der Waals surface area contributed by atoms with Crippen LogP contribution in [0.4, 0.5) is 4.39 Å². The first-order valence-corrected chi connectivity index (χ1v) is 5.14. The van der Waals surface area contributed by atoms with Gasteiger partial charge in [0.1, 0.15) is 5.82 Å². The first kappa shape index (κ1) is 13.1. The molecule has 0 radical (unpaired) electrons. The molecule has 1 rings (SSSR count). The molecule has 0 atom stereocenters. The third kappa shape index (κ3) is 4.60. The number of carbonyl (C=O) groups excluding carboxylic acids is 2. The molecule has 2 amide bonds. The van der Waals surface area contributed by atoms with Crippen LogP contribution in [0.15, 0.2) is 24.3 Å². The van der Waals surface area contributed by atoms with Gasteiger partial charge in [0, 0.05) is 19.6 Å². The summed E-state index contributed by atoms with van der Waals surface area (Å²) in [6, 6.07) is 5.78. The summed E-state index contributed by atoms with van der Waals surface area (Å²) in [5, 5.41) is 4.71. The Hall–Kier alpha value is -1.95. The van der Waals surface area contributed by atoms with E-state index in [1.54, 1.807) is 6.07 Å². The number of hydrogen-bond acceptors (Lipinski definition) is 3. The number of benzene rings is 1. The van der Waals surface area contributed by atoms with Crippen molar-refractivity contribution in [2.24, 2.45) is 5.73 Å². The molecule has 1 aromatic rings. The first-order valence-electron chi connectivity index (χ1n) is 5.14. The van der Waals surface area contributed by atoms with E-state index in [9.17, 15) is 14.0 Å². The SMILES string of the molecule is NCCNC(=O)C(=O)NCc1cccc(F)c1. The number of nitrogens with two attached hydrogens (primary N) is 1. The van der Waals surface area contributed by atoms with Crippen LogP contribution in [0.2, 0.25) is 0 Å². The van der Waals surface area contributed by atoms with E-state index in [4.69, 9.17) is 5.73 Å². The van der Waals surface area contributed by atoms with E-state index in [2.05, 4.69) is 10.6 Å². The quantitative estimate of drug-likeness (QED) is 0.620. The van der Waals surface area contributed by atoms with Crippen molar-refractivity contribution in [3.05, 3.63) is 35.6 Å². The fourth-order valence-corrected chi connectivity index (χ4v) is 1.18. The maximum Gasteiger partial charge on any atom is 0.309 e. The van der Waals surface area contributed by atoms with Gasteiger partial charge < -0.3 is 16.4 Å². The van der Waals surface area contributed by atoms with Gasteiger partial charge >= 0.3 is 11.8 Å². The van der Waals surface area contributed by atoms with Crippen LogP contribution >= 0.6 is 0 Å². The van der Waals surface area contributed by atoms with E-state index < -0.39 is 11.8 Å². The molecule has 0 fully saturated rings. The van der Waals surface area contributed by atoms with Crippen LogP contribution in [-0.4, -0.2) is 24.9 Å². The Morgan fingerprint density at radius 3 is 2.59 bits per heavy atom. The summed E-state index contributed by atoms with van der Waals surface area (Å²) in [7, 11) is 0.